The molecule has 86 valence electrons. The largest absolute Gasteiger partial charge is 0.337 e. The highest BCUT2D eigenvalue weighted by Gasteiger charge is 2.52. The van der Waals surface area contributed by atoms with E-state index in [1.165, 1.54) is 0 Å². The van der Waals surface area contributed by atoms with Crippen molar-refractivity contribution in [3.63, 3.8) is 0 Å². The fourth-order valence-electron chi connectivity index (χ4n) is 2.42. The van der Waals surface area contributed by atoms with E-state index in [1.807, 2.05) is 0 Å². The van der Waals surface area contributed by atoms with Crippen LogP contribution >= 0.6 is 0 Å². The van der Waals surface area contributed by atoms with Crippen molar-refractivity contribution < 1.29 is 4.79 Å². The van der Waals surface area contributed by atoms with Crippen molar-refractivity contribution in [2.24, 2.45) is 11.3 Å². The second kappa shape index (κ2) is 3.48. The molecule has 0 bridgehead atoms. The molecule has 2 fully saturated rings. The van der Waals surface area contributed by atoms with Gasteiger partial charge in [0.1, 0.15) is 0 Å². The van der Waals surface area contributed by atoms with Gasteiger partial charge in [-0.1, -0.05) is 13.8 Å². The molecular weight excluding hydrogens is 188 g/mol. The molecule has 1 saturated heterocycles. The van der Waals surface area contributed by atoms with Gasteiger partial charge in [-0.2, -0.15) is 0 Å². The maximum Gasteiger partial charge on any atom is 0.226 e. The summed E-state index contributed by atoms with van der Waals surface area (Å²) in [6.45, 7) is 10.4. The molecule has 3 atom stereocenters. The summed E-state index contributed by atoms with van der Waals surface area (Å²) in [6.07, 6.45) is 1.07. The standard InChI is InChI=1S/C12H22N2O/c1-8-7-14(9(2)6-13-8)11(15)10-5-12(10,3)4/h8-10,13H,5-7H2,1-4H3. The summed E-state index contributed by atoms with van der Waals surface area (Å²) in [5, 5.41) is 3.40. The zero-order valence-corrected chi connectivity index (χ0v) is 10.2. The van der Waals surface area contributed by atoms with Crippen LogP contribution in [0.15, 0.2) is 0 Å². The van der Waals surface area contributed by atoms with E-state index in [1.54, 1.807) is 0 Å². The second-order valence-corrected chi connectivity index (χ2v) is 5.89. The van der Waals surface area contributed by atoms with Crippen LogP contribution in [-0.4, -0.2) is 36.0 Å². The van der Waals surface area contributed by atoms with E-state index in [9.17, 15) is 4.79 Å². The fraction of sp³-hybridized carbons (Fsp3) is 0.917. The van der Waals surface area contributed by atoms with Gasteiger partial charge < -0.3 is 10.2 Å². The predicted molar refractivity (Wildman–Crippen MR) is 60.5 cm³/mol. The highest BCUT2D eigenvalue weighted by atomic mass is 16.2. The SMILES string of the molecule is CC1CN(C(=O)C2CC2(C)C)C(C)CN1. The topological polar surface area (TPSA) is 32.3 Å². The van der Waals surface area contributed by atoms with Gasteiger partial charge >= 0.3 is 0 Å². The van der Waals surface area contributed by atoms with E-state index >= 15 is 0 Å². The molecule has 1 saturated carbocycles. The third kappa shape index (κ3) is 2.03. The average molecular weight is 210 g/mol. The smallest absolute Gasteiger partial charge is 0.226 e. The minimum Gasteiger partial charge on any atom is -0.337 e. The molecule has 1 amide bonds. The Morgan fingerprint density at radius 1 is 1.40 bits per heavy atom. The highest BCUT2D eigenvalue weighted by Crippen LogP contribution is 2.52. The van der Waals surface area contributed by atoms with E-state index < -0.39 is 0 Å². The summed E-state index contributed by atoms with van der Waals surface area (Å²) in [7, 11) is 0. The zero-order chi connectivity index (χ0) is 11.2. The summed E-state index contributed by atoms with van der Waals surface area (Å²) in [4.78, 5) is 14.3. The highest BCUT2D eigenvalue weighted by molar-refractivity contribution is 5.83. The first-order valence-corrected chi connectivity index (χ1v) is 5.95. The summed E-state index contributed by atoms with van der Waals surface area (Å²) in [5.41, 5.74) is 0.255. The first-order valence-electron chi connectivity index (χ1n) is 5.95. The molecule has 0 aromatic carbocycles. The van der Waals surface area contributed by atoms with Gasteiger partial charge in [0.15, 0.2) is 0 Å². The van der Waals surface area contributed by atoms with E-state index in [-0.39, 0.29) is 11.3 Å². The number of amides is 1. The molecule has 1 aliphatic heterocycles. The lowest BCUT2D eigenvalue weighted by atomic mass is 10.1. The zero-order valence-electron chi connectivity index (χ0n) is 10.2. The number of carbonyl (C=O) groups excluding carboxylic acids is 1. The third-order valence-corrected chi connectivity index (χ3v) is 3.86. The average Bonchev–Trinajstić information content (AvgIpc) is 2.78. The van der Waals surface area contributed by atoms with Crippen molar-refractivity contribution in [2.75, 3.05) is 13.1 Å². The van der Waals surface area contributed by atoms with Crippen molar-refractivity contribution in [2.45, 2.75) is 46.2 Å². The van der Waals surface area contributed by atoms with Gasteiger partial charge in [0.05, 0.1) is 0 Å². The molecule has 15 heavy (non-hydrogen) atoms. The Balaban J connectivity index is 2.00. The lowest BCUT2D eigenvalue weighted by Crippen LogP contribution is -2.56. The fourth-order valence-corrected chi connectivity index (χ4v) is 2.42. The minimum absolute atomic E-state index is 0.255. The van der Waals surface area contributed by atoms with Crippen LogP contribution in [0.5, 0.6) is 0 Å². The molecule has 0 radical (unpaired) electrons. The van der Waals surface area contributed by atoms with Crippen LogP contribution in [0.2, 0.25) is 0 Å². The normalized spacial score (nSPS) is 38.9. The van der Waals surface area contributed by atoms with Crippen molar-refractivity contribution >= 4 is 5.91 Å². The third-order valence-electron chi connectivity index (χ3n) is 3.86. The van der Waals surface area contributed by atoms with Crippen molar-refractivity contribution in [1.29, 1.82) is 0 Å². The van der Waals surface area contributed by atoms with Crippen LogP contribution in [-0.2, 0) is 4.79 Å². The number of rotatable bonds is 1. The minimum atomic E-state index is 0.255. The number of nitrogens with one attached hydrogen (secondary N) is 1. The lowest BCUT2D eigenvalue weighted by Gasteiger charge is -2.38. The van der Waals surface area contributed by atoms with Crippen LogP contribution in [0.25, 0.3) is 0 Å². The van der Waals surface area contributed by atoms with Gasteiger partial charge in [0, 0.05) is 31.1 Å². The lowest BCUT2D eigenvalue weighted by molar-refractivity contribution is -0.136. The summed E-state index contributed by atoms with van der Waals surface area (Å²) in [6, 6.07) is 0.789. The number of piperazine rings is 1. The van der Waals surface area contributed by atoms with Crippen molar-refractivity contribution in [3.8, 4) is 0 Å². The van der Waals surface area contributed by atoms with Gasteiger partial charge in [-0.25, -0.2) is 0 Å². The van der Waals surface area contributed by atoms with Crippen molar-refractivity contribution in [1.82, 2.24) is 10.2 Å². The van der Waals surface area contributed by atoms with Crippen molar-refractivity contribution in [3.05, 3.63) is 0 Å². The molecule has 0 aromatic rings. The van der Waals surface area contributed by atoms with Crippen LogP contribution in [0, 0.1) is 11.3 Å². The predicted octanol–water partition coefficient (Wildman–Crippen LogP) is 1.24. The Morgan fingerprint density at radius 3 is 2.53 bits per heavy atom. The van der Waals surface area contributed by atoms with E-state index in [4.69, 9.17) is 0 Å². The number of nitrogens with zero attached hydrogens (tertiary/aromatic N) is 1. The van der Waals surface area contributed by atoms with E-state index in [2.05, 4.69) is 37.9 Å². The molecule has 2 rings (SSSR count). The Morgan fingerprint density at radius 2 is 2.00 bits per heavy atom. The molecular formula is C12H22N2O. The van der Waals surface area contributed by atoms with Gasteiger partial charge in [-0.05, 0) is 25.7 Å². The summed E-state index contributed by atoms with van der Waals surface area (Å²) in [5.74, 6) is 0.658. The molecule has 3 heteroatoms. The second-order valence-electron chi connectivity index (χ2n) is 5.89. The molecule has 0 spiro atoms. The molecule has 1 heterocycles. The molecule has 0 aromatic heterocycles. The summed E-state index contributed by atoms with van der Waals surface area (Å²) < 4.78 is 0. The maximum absolute atomic E-state index is 12.2. The molecule has 2 aliphatic rings. The van der Waals surface area contributed by atoms with Crippen LogP contribution in [0.3, 0.4) is 0 Å². The number of hydrogen-bond donors (Lipinski definition) is 1. The van der Waals surface area contributed by atoms with Gasteiger partial charge in [-0.15, -0.1) is 0 Å². The van der Waals surface area contributed by atoms with Crippen LogP contribution < -0.4 is 5.32 Å². The number of carbonyl (C=O) groups is 1. The Bertz CT molecular complexity index is 275. The van der Waals surface area contributed by atoms with Gasteiger partial charge in [0.25, 0.3) is 0 Å². The Hall–Kier alpha value is -0.570. The molecule has 3 nitrogen and oxygen atoms in total. The summed E-state index contributed by atoms with van der Waals surface area (Å²) >= 11 is 0. The monoisotopic (exact) mass is 210 g/mol. The Kier molecular flexibility index (Phi) is 2.53. The quantitative estimate of drug-likeness (QED) is 0.706. The first kappa shape index (κ1) is 10.9. The van der Waals surface area contributed by atoms with Gasteiger partial charge in [0.2, 0.25) is 5.91 Å². The molecule has 1 N–H and O–H groups in total. The first-order chi connectivity index (χ1) is 6.92. The van der Waals surface area contributed by atoms with E-state index in [0.717, 1.165) is 19.5 Å². The van der Waals surface area contributed by atoms with Gasteiger partial charge in [-0.3, -0.25) is 4.79 Å². The van der Waals surface area contributed by atoms with E-state index in [0.29, 0.717) is 18.0 Å². The van der Waals surface area contributed by atoms with Crippen LogP contribution in [0.1, 0.15) is 34.1 Å². The Labute approximate surface area is 92.2 Å². The maximum atomic E-state index is 12.2. The number of hydrogen-bond acceptors (Lipinski definition) is 2. The molecule has 1 aliphatic carbocycles. The molecule has 3 unspecified atom stereocenters. The van der Waals surface area contributed by atoms with Crippen LogP contribution in [0.4, 0.5) is 0 Å².